The van der Waals surface area contributed by atoms with Crippen LogP contribution in [0.1, 0.15) is 12.5 Å². The summed E-state index contributed by atoms with van der Waals surface area (Å²) in [5, 5.41) is 13.5. The van der Waals surface area contributed by atoms with Gasteiger partial charge in [0.05, 0.1) is 0 Å². The predicted molar refractivity (Wildman–Crippen MR) is 60.4 cm³/mol. The highest BCUT2D eigenvalue weighted by molar-refractivity contribution is 5.92. The van der Waals surface area contributed by atoms with E-state index in [4.69, 9.17) is 5.11 Å². The van der Waals surface area contributed by atoms with Crippen LogP contribution in [0, 0.1) is 6.92 Å². The van der Waals surface area contributed by atoms with E-state index < -0.39 is 18.0 Å². The van der Waals surface area contributed by atoms with E-state index in [-0.39, 0.29) is 0 Å². The van der Waals surface area contributed by atoms with Gasteiger partial charge in [-0.1, -0.05) is 18.2 Å². The van der Waals surface area contributed by atoms with Gasteiger partial charge in [0, 0.05) is 5.69 Å². The lowest BCUT2D eigenvalue weighted by Gasteiger charge is -2.11. The average Bonchev–Trinajstić information content (AvgIpc) is 2.21. The molecule has 0 aromatic heterocycles. The molecule has 0 radical (unpaired) electrons. The van der Waals surface area contributed by atoms with Crippen LogP contribution in [0.15, 0.2) is 24.3 Å². The van der Waals surface area contributed by atoms with E-state index in [1.54, 1.807) is 12.1 Å². The fourth-order valence-corrected chi connectivity index (χ4v) is 1.13. The highest BCUT2D eigenvalue weighted by Crippen LogP contribution is 2.12. The third-order valence-corrected chi connectivity index (χ3v) is 2.11. The van der Waals surface area contributed by atoms with Crippen LogP contribution < -0.4 is 10.6 Å². The average molecular weight is 222 g/mol. The highest BCUT2D eigenvalue weighted by Gasteiger charge is 2.13. The minimum atomic E-state index is -1.07. The molecule has 1 aromatic carbocycles. The topological polar surface area (TPSA) is 78.4 Å². The van der Waals surface area contributed by atoms with Gasteiger partial charge in [0.2, 0.25) is 0 Å². The van der Waals surface area contributed by atoms with Gasteiger partial charge in [-0.3, -0.25) is 4.79 Å². The lowest BCUT2D eigenvalue weighted by molar-refractivity contribution is -0.138. The number of carboxylic acid groups (broad SMARTS) is 1. The molecular formula is C11H14N2O3. The fourth-order valence-electron chi connectivity index (χ4n) is 1.13. The Morgan fingerprint density at radius 2 is 1.94 bits per heavy atom. The summed E-state index contributed by atoms with van der Waals surface area (Å²) in [5.74, 6) is -1.07. The normalized spacial score (nSPS) is 11.6. The van der Waals surface area contributed by atoms with Crippen molar-refractivity contribution in [2.75, 3.05) is 5.32 Å². The van der Waals surface area contributed by atoms with Crippen molar-refractivity contribution in [3.05, 3.63) is 29.8 Å². The molecule has 16 heavy (non-hydrogen) atoms. The first kappa shape index (κ1) is 12.0. The number of carbonyl (C=O) groups excluding carboxylic acids is 1. The summed E-state index contributed by atoms with van der Waals surface area (Å²) in [6, 6.07) is 5.83. The monoisotopic (exact) mass is 222 g/mol. The first-order chi connectivity index (χ1) is 7.50. The van der Waals surface area contributed by atoms with E-state index in [2.05, 4.69) is 10.6 Å². The Balaban J connectivity index is 2.59. The Morgan fingerprint density at radius 1 is 1.31 bits per heavy atom. The second-order valence-electron chi connectivity index (χ2n) is 3.47. The fraction of sp³-hybridized carbons (Fsp3) is 0.273. The number of nitrogens with one attached hydrogen (secondary N) is 2. The molecule has 0 saturated carbocycles. The molecule has 0 aliphatic carbocycles. The molecular weight excluding hydrogens is 208 g/mol. The van der Waals surface area contributed by atoms with Gasteiger partial charge >= 0.3 is 12.0 Å². The van der Waals surface area contributed by atoms with Crippen LogP contribution in [0.4, 0.5) is 10.5 Å². The summed E-state index contributed by atoms with van der Waals surface area (Å²) in [5.41, 5.74) is 1.58. The van der Waals surface area contributed by atoms with Gasteiger partial charge in [-0.15, -0.1) is 0 Å². The maximum Gasteiger partial charge on any atom is 0.325 e. The molecule has 0 unspecified atom stereocenters. The number of para-hydroxylation sites is 1. The van der Waals surface area contributed by atoms with E-state index in [0.29, 0.717) is 5.69 Å². The number of carboxylic acids is 1. The minimum Gasteiger partial charge on any atom is -0.480 e. The molecule has 0 saturated heterocycles. The SMILES string of the molecule is Cc1ccccc1NC(=O)N[C@@H](C)C(=O)O. The molecule has 0 aliphatic rings. The number of aliphatic carboxylic acids is 1. The number of hydrogen-bond donors (Lipinski definition) is 3. The van der Waals surface area contributed by atoms with E-state index in [1.807, 2.05) is 19.1 Å². The third kappa shape index (κ3) is 3.27. The van der Waals surface area contributed by atoms with Crippen LogP contribution >= 0.6 is 0 Å². The maximum atomic E-state index is 11.4. The first-order valence-corrected chi connectivity index (χ1v) is 4.86. The van der Waals surface area contributed by atoms with Crippen LogP contribution in [0.5, 0.6) is 0 Å². The van der Waals surface area contributed by atoms with Crippen molar-refractivity contribution in [1.29, 1.82) is 0 Å². The third-order valence-electron chi connectivity index (χ3n) is 2.11. The van der Waals surface area contributed by atoms with Crippen molar-refractivity contribution >= 4 is 17.7 Å². The zero-order valence-corrected chi connectivity index (χ0v) is 9.15. The van der Waals surface area contributed by atoms with E-state index in [0.717, 1.165) is 5.56 Å². The number of carbonyl (C=O) groups is 2. The van der Waals surface area contributed by atoms with Gasteiger partial charge in [0.15, 0.2) is 0 Å². The van der Waals surface area contributed by atoms with E-state index in [9.17, 15) is 9.59 Å². The lowest BCUT2D eigenvalue weighted by atomic mass is 10.2. The van der Waals surface area contributed by atoms with Gasteiger partial charge in [-0.2, -0.15) is 0 Å². The van der Waals surface area contributed by atoms with Gasteiger partial charge in [-0.25, -0.2) is 4.79 Å². The molecule has 0 aliphatic heterocycles. The smallest absolute Gasteiger partial charge is 0.325 e. The maximum absolute atomic E-state index is 11.4. The van der Waals surface area contributed by atoms with Crippen LogP contribution in [-0.4, -0.2) is 23.1 Å². The molecule has 5 heteroatoms. The number of amides is 2. The minimum absolute atomic E-state index is 0.524. The summed E-state index contributed by atoms with van der Waals surface area (Å²) >= 11 is 0. The van der Waals surface area contributed by atoms with Gasteiger partial charge in [0.25, 0.3) is 0 Å². The van der Waals surface area contributed by atoms with Crippen LogP contribution in [0.2, 0.25) is 0 Å². The van der Waals surface area contributed by atoms with E-state index >= 15 is 0 Å². The number of aryl methyl sites for hydroxylation is 1. The molecule has 0 heterocycles. The van der Waals surface area contributed by atoms with Crippen molar-refractivity contribution < 1.29 is 14.7 Å². The number of urea groups is 1. The Bertz CT molecular complexity index is 404. The second-order valence-corrected chi connectivity index (χ2v) is 3.47. The summed E-state index contributed by atoms with van der Waals surface area (Å²) < 4.78 is 0. The zero-order valence-electron chi connectivity index (χ0n) is 9.15. The Morgan fingerprint density at radius 3 is 2.50 bits per heavy atom. The number of anilines is 1. The molecule has 1 aromatic rings. The molecule has 1 rings (SSSR count). The molecule has 3 N–H and O–H groups in total. The molecule has 86 valence electrons. The van der Waals surface area contributed by atoms with Crippen molar-refractivity contribution in [3.63, 3.8) is 0 Å². The van der Waals surface area contributed by atoms with Gasteiger partial charge in [-0.05, 0) is 25.5 Å². The van der Waals surface area contributed by atoms with Crippen molar-refractivity contribution in [3.8, 4) is 0 Å². The molecule has 1 atom stereocenters. The lowest BCUT2D eigenvalue weighted by Crippen LogP contribution is -2.40. The quantitative estimate of drug-likeness (QED) is 0.726. The first-order valence-electron chi connectivity index (χ1n) is 4.86. The predicted octanol–water partition coefficient (Wildman–Crippen LogP) is 1.59. The Hall–Kier alpha value is -2.04. The molecule has 0 fully saturated rings. The number of hydrogen-bond acceptors (Lipinski definition) is 2. The van der Waals surface area contributed by atoms with Crippen molar-refractivity contribution in [1.82, 2.24) is 5.32 Å². The highest BCUT2D eigenvalue weighted by atomic mass is 16.4. The van der Waals surface area contributed by atoms with Gasteiger partial charge < -0.3 is 15.7 Å². The molecule has 5 nitrogen and oxygen atoms in total. The Kier molecular flexibility index (Phi) is 3.88. The second kappa shape index (κ2) is 5.16. The largest absolute Gasteiger partial charge is 0.480 e. The molecule has 0 spiro atoms. The molecule has 2 amide bonds. The van der Waals surface area contributed by atoms with Gasteiger partial charge in [0.1, 0.15) is 6.04 Å². The summed E-state index contributed by atoms with van der Waals surface area (Å²) in [6.45, 7) is 3.26. The van der Waals surface area contributed by atoms with Crippen LogP contribution in [0.3, 0.4) is 0 Å². The summed E-state index contributed by atoms with van der Waals surface area (Å²) in [7, 11) is 0. The van der Waals surface area contributed by atoms with Crippen LogP contribution in [-0.2, 0) is 4.79 Å². The number of benzene rings is 1. The van der Waals surface area contributed by atoms with E-state index in [1.165, 1.54) is 6.92 Å². The summed E-state index contributed by atoms with van der Waals surface area (Å²) in [6.07, 6.45) is 0. The van der Waals surface area contributed by atoms with Crippen molar-refractivity contribution in [2.24, 2.45) is 0 Å². The summed E-state index contributed by atoms with van der Waals surface area (Å²) in [4.78, 5) is 21.9. The molecule has 0 bridgehead atoms. The Labute approximate surface area is 93.5 Å². The zero-order chi connectivity index (χ0) is 12.1. The van der Waals surface area contributed by atoms with Crippen LogP contribution in [0.25, 0.3) is 0 Å². The van der Waals surface area contributed by atoms with Crippen molar-refractivity contribution in [2.45, 2.75) is 19.9 Å². The standard InChI is InChI=1S/C11H14N2O3/c1-7-5-3-4-6-9(7)13-11(16)12-8(2)10(14)15/h3-6,8H,1-2H3,(H,14,15)(H2,12,13,16)/t8-/m0/s1. The number of rotatable bonds is 3.